The summed E-state index contributed by atoms with van der Waals surface area (Å²) in [5.41, 5.74) is 1.49. The third kappa shape index (κ3) is 3.80. The van der Waals surface area contributed by atoms with Crippen LogP contribution in [0.2, 0.25) is 10.0 Å². The summed E-state index contributed by atoms with van der Waals surface area (Å²) in [7, 11) is 1.49. The van der Waals surface area contributed by atoms with Gasteiger partial charge in [0.15, 0.2) is 0 Å². The first-order chi connectivity index (χ1) is 14.0. The first-order valence-corrected chi connectivity index (χ1v) is 10.1. The van der Waals surface area contributed by atoms with E-state index >= 15 is 0 Å². The molecule has 2 aromatic carbocycles. The number of halogens is 2. The van der Waals surface area contributed by atoms with E-state index in [0.29, 0.717) is 43.5 Å². The van der Waals surface area contributed by atoms with Crippen LogP contribution in [0.25, 0.3) is 10.9 Å². The molecule has 5 nitrogen and oxygen atoms in total. The molecule has 0 aliphatic heterocycles. The Bertz CT molecular complexity index is 1140. The fourth-order valence-corrected chi connectivity index (χ4v) is 4.23. The Balaban J connectivity index is 2.40. The van der Waals surface area contributed by atoms with E-state index in [0.717, 1.165) is 0 Å². The molecule has 158 valence electrons. The third-order valence-electron chi connectivity index (χ3n) is 5.22. The van der Waals surface area contributed by atoms with Crippen molar-refractivity contribution in [2.45, 2.75) is 33.6 Å². The Morgan fingerprint density at radius 2 is 1.70 bits per heavy atom. The maximum absolute atomic E-state index is 13.4. The van der Waals surface area contributed by atoms with E-state index in [2.05, 4.69) is 0 Å². The number of carboxylic acid groups (broad SMARTS) is 1. The fourth-order valence-electron chi connectivity index (χ4n) is 3.87. The molecule has 7 heteroatoms. The molecule has 0 aliphatic rings. The van der Waals surface area contributed by atoms with E-state index in [1.54, 1.807) is 43.3 Å². The van der Waals surface area contributed by atoms with Gasteiger partial charge < -0.3 is 9.84 Å². The number of nitrogens with zero attached hydrogens (tertiary/aromatic N) is 1. The lowest BCUT2D eigenvalue weighted by atomic mass is 9.75. The van der Waals surface area contributed by atoms with Crippen molar-refractivity contribution in [1.82, 2.24) is 4.57 Å². The molecular formula is C23H23Cl2NO4. The summed E-state index contributed by atoms with van der Waals surface area (Å²) in [6.07, 6.45) is 0. The van der Waals surface area contributed by atoms with E-state index in [9.17, 15) is 14.7 Å². The van der Waals surface area contributed by atoms with Crippen molar-refractivity contribution in [2.75, 3.05) is 7.11 Å². The second-order valence-electron chi connectivity index (χ2n) is 8.29. The third-order valence-corrected chi connectivity index (χ3v) is 5.77. The van der Waals surface area contributed by atoms with Gasteiger partial charge >= 0.3 is 5.97 Å². The van der Waals surface area contributed by atoms with Gasteiger partial charge in [0.05, 0.1) is 23.6 Å². The van der Waals surface area contributed by atoms with Crippen molar-refractivity contribution in [1.29, 1.82) is 0 Å². The second kappa shape index (κ2) is 7.97. The Hall–Kier alpha value is -2.50. The highest BCUT2D eigenvalue weighted by Crippen LogP contribution is 2.44. The van der Waals surface area contributed by atoms with E-state index in [1.807, 2.05) is 20.8 Å². The predicted molar refractivity (Wildman–Crippen MR) is 119 cm³/mol. The topological polar surface area (TPSA) is 68.5 Å². The first kappa shape index (κ1) is 22.2. The Morgan fingerprint density at radius 3 is 2.20 bits per heavy atom. The zero-order valence-electron chi connectivity index (χ0n) is 17.4. The zero-order chi connectivity index (χ0) is 22.4. The van der Waals surface area contributed by atoms with Crippen molar-refractivity contribution in [3.05, 3.63) is 63.3 Å². The molecule has 0 amide bonds. The lowest BCUT2D eigenvalue weighted by Gasteiger charge is -2.28. The number of hydrogen-bond donors (Lipinski definition) is 1. The van der Waals surface area contributed by atoms with Crippen LogP contribution in [0.4, 0.5) is 0 Å². The minimum absolute atomic E-state index is 0.292. The highest BCUT2D eigenvalue weighted by Gasteiger charge is 2.37. The molecule has 0 saturated heterocycles. The van der Waals surface area contributed by atoms with Gasteiger partial charge in [0.25, 0.3) is 5.91 Å². The van der Waals surface area contributed by atoms with Crippen LogP contribution in [0.1, 0.15) is 48.3 Å². The fraction of sp³-hybridized carbons (Fsp3) is 0.304. The number of ether oxygens (including phenoxy) is 1. The van der Waals surface area contributed by atoms with Crippen LogP contribution in [-0.4, -0.2) is 28.7 Å². The largest absolute Gasteiger partial charge is 0.495 e. The molecule has 1 N–H and O–H groups in total. The quantitative estimate of drug-likeness (QED) is 0.519. The number of carbonyl (C=O) groups is 2. The molecule has 1 unspecified atom stereocenters. The maximum Gasteiger partial charge on any atom is 0.311 e. The van der Waals surface area contributed by atoms with Crippen LogP contribution in [0.3, 0.4) is 0 Å². The van der Waals surface area contributed by atoms with Gasteiger partial charge in [0.1, 0.15) is 5.75 Å². The van der Waals surface area contributed by atoms with E-state index in [-0.39, 0.29) is 5.91 Å². The number of carbonyl (C=O) groups excluding carboxylic acids is 1. The lowest BCUT2D eigenvalue weighted by Crippen LogP contribution is -2.27. The van der Waals surface area contributed by atoms with Gasteiger partial charge in [-0.1, -0.05) is 44.0 Å². The number of carboxylic acids is 1. The highest BCUT2D eigenvalue weighted by molar-refractivity contribution is 6.33. The van der Waals surface area contributed by atoms with Gasteiger partial charge in [-0.25, -0.2) is 0 Å². The Kier molecular flexibility index (Phi) is 5.89. The standard InChI is InChI=1S/C23H23Cl2NO4/c1-12-19(20(22(28)29)23(2,3)4)15-10-18(30-5)16(25)11-17(15)26(12)21(27)13-6-8-14(24)9-7-13/h6-11,20H,1-5H3,(H,28,29). The number of benzene rings is 2. The molecule has 0 bridgehead atoms. The molecule has 1 atom stereocenters. The minimum Gasteiger partial charge on any atom is -0.495 e. The average molecular weight is 448 g/mol. The second-order valence-corrected chi connectivity index (χ2v) is 9.13. The number of aliphatic carboxylic acids is 1. The summed E-state index contributed by atoms with van der Waals surface area (Å²) in [6, 6.07) is 9.90. The normalized spacial score (nSPS) is 12.8. The van der Waals surface area contributed by atoms with E-state index in [1.165, 1.54) is 11.7 Å². The summed E-state index contributed by atoms with van der Waals surface area (Å²) in [6.45, 7) is 7.35. The van der Waals surface area contributed by atoms with Gasteiger partial charge in [0, 0.05) is 21.7 Å². The van der Waals surface area contributed by atoms with E-state index in [4.69, 9.17) is 27.9 Å². The summed E-state index contributed by atoms with van der Waals surface area (Å²) >= 11 is 12.3. The molecule has 0 saturated carbocycles. The van der Waals surface area contributed by atoms with Crippen LogP contribution in [0.5, 0.6) is 5.75 Å². The number of aromatic nitrogens is 1. The summed E-state index contributed by atoms with van der Waals surface area (Å²) < 4.78 is 6.87. The number of rotatable bonds is 4. The molecule has 1 aromatic heterocycles. The highest BCUT2D eigenvalue weighted by atomic mass is 35.5. The van der Waals surface area contributed by atoms with Crippen LogP contribution in [0, 0.1) is 12.3 Å². The number of methoxy groups -OCH3 is 1. The van der Waals surface area contributed by atoms with Gasteiger partial charge in [0.2, 0.25) is 0 Å². The van der Waals surface area contributed by atoms with Crippen LogP contribution >= 0.6 is 23.2 Å². The molecule has 0 aliphatic carbocycles. The SMILES string of the molecule is COc1cc2c(C(C(=O)O)C(C)(C)C)c(C)n(C(=O)c3ccc(Cl)cc3)c2cc1Cl. The summed E-state index contributed by atoms with van der Waals surface area (Å²) in [5, 5.41) is 11.5. The Labute approximate surface area is 185 Å². The molecule has 1 heterocycles. The van der Waals surface area contributed by atoms with Crippen molar-refractivity contribution in [3.63, 3.8) is 0 Å². The predicted octanol–water partition coefficient (Wildman–Crippen LogP) is 6.17. The molecule has 0 spiro atoms. The molecule has 0 fully saturated rings. The minimum atomic E-state index is -0.961. The van der Waals surface area contributed by atoms with E-state index < -0.39 is 17.3 Å². The van der Waals surface area contributed by atoms with Crippen LogP contribution < -0.4 is 4.74 Å². The molecule has 3 aromatic rings. The van der Waals surface area contributed by atoms with Gasteiger partial charge in [-0.3, -0.25) is 14.2 Å². The number of hydrogen-bond acceptors (Lipinski definition) is 3. The molecule has 0 radical (unpaired) electrons. The van der Waals surface area contributed by atoms with Gasteiger partial charge in [-0.2, -0.15) is 0 Å². The zero-order valence-corrected chi connectivity index (χ0v) is 18.9. The molecule has 30 heavy (non-hydrogen) atoms. The van der Waals surface area contributed by atoms with Crippen LogP contribution in [0.15, 0.2) is 36.4 Å². The van der Waals surface area contributed by atoms with Gasteiger partial charge in [-0.15, -0.1) is 0 Å². The van der Waals surface area contributed by atoms with Crippen molar-refractivity contribution in [3.8, 4) is 5.75 Å². The van der Waals surface area contributed by atoms with Crippen molar-refractivity contribution < 1.29 is 19.4 Å². The molecule has 3 rings (SSSR count). The number of fused-ring (bicyclic) bond motifs is 1. The smallest absolute Gasteiger partial charge is 0.311 e. The van der Waals surface area contributed by atoms with Crippen molar-refractivity contribution in [2.24, 2.45) is 5.41 Å². The summed E-state index contributed by atoms with van der Waals surface area (Å²) in [4.78, 5) is 25.7. The maximum atomic E-state index is 13.4. The Morgan fingerprint density at radius 1 is 1.10 bits per heavy atom. The first-order valence-electron chi connectivity index (χ1n) is 9.39. The monoisotopic (exact) mass is 447 g/mol. The summed E-state index contributed by atoms with van der Waals surface area (Å²) in [5.74, 6) is -1.68. The van der Waals surface area contributed by atoms with Crippen molar-refractivity contribution >= 4 is 46.0 Å². The lowest BCUT2D eigenvalue weighted by molar-refractivity contribution is -0.141. The average Bonchev–Trinajstić information content (AvgIpc) is 2.91. The molecular weight excluding hydrogens is 425 g/mol. The van der Waals surface area contributed by atoms with Gasteiger partial charge in [-0.05, 0) is 54.3 Å². The van der Waals surface area contributed by atoms with Crippen LogP contribution in [-0.2, 0) is 4.79 Å².